The van der Waals surface area contributed by atoms with Crippen LogP contribution in [0.25, 0.3) is 0 Å². The summed E-state index contributed by atoms with van der Waals surface area (Å²) >= 11 is 0. The van der Waals surface area contributed by atoms with Crippen molar-refractivity contribution in [1.82, 2.24) is 0 Å². The van der Waals surface area contributed by atoms with Crippen molar-refractivity contribution in [3.8, 4) is 0 Å². The van der Waals surface area contributed by atoms with Gasteiger partial charge in [0.15, 0.2) is 6.29 Å². The molecule has 0 aromatic heterocycles. The third kappa shape index (κ3) is 7.07. The van der Waals surface area contributed by atoms with Crippen molar-refractivity contribution in [3.05, 3.63) is 48.0 Å². The van der Waals surface area contributed by atoms with Gasteiger partial charge >= 0.3 is 5.97 Å². The first kappa shape index (κ1) is 16.4. The van der Waals surface area contributed by atoms with Gasteiger partial charge in [-0.25, -0.2) is 4.79 Å². The Morgan fingerprint density at radius 3 is 2.65 bits per heavy atom. The number of ether oxygens (including phenoxy) is 2. The SMILES string of the molecule is C=C(C)C(=O)OCCCOC(O)CCc1ccccc1. The van der Waals surface area contributed by atoms with Crippen LogP contribution in [0.4, 0.5) is 0 Å². The molecule has 0 aliphatic rings. The summed E-state index contributed by atoms with van der Waals surface area (Å²) in [7, 11) is 0. The zero-order valence-corrected chi connectivity index (χ0v) is 11.9. The van der Waals surface area contributed by atoms with Gasteiger partial charge in [0.25, 0.3) is 0 Å². The van der Waals surface area contributed by atoms with E-state index in [0.29, 0.717) is 25.0 Å². The molecule has 0 spiro atoms. The van der Waals surface area contributed by atoms with Gasteiger partial charge in [0, 0.05) is 18.4 Å². The Morgan fingerprint density at radius 2 is 2.00 bits per heavy atom. The Kier molecular flexibility index (Phi) is 7.62. The van der Waals surface area contributed by atoms with Gasteiger partial charge in [0.2, 0.25) is 0 Å². The van der Waals surface area contributed by atoms with Crippen molar-refractivity contribution in [2.75, 3.05) is 13.2 Å². The largest absolute Gasteiger partial charge is 0.462 e. The van der Waals surface area contributed by atoms with Crippen LogP contribution < -0.4 is 0 Å². The number of hydrogen-bond acceptors (Lipinski definition) is 4. The van der Waals surface area contributed by atoms with E-state index in [2.05, 4.69) is 6.58 Å². The van der Waals surface area contributed by atoms with Crippen molar-refractivity contribution in [3.63, 3.8) is 0 Å². The third-order valence-corrected chi connectivity index (χ3v) is 2.70. The molecule has 0 aliphatic heterocycles. The van der Waals surface area contributed by atoms with Crippen molar-refractivity contribution in [2.24, 2.45) is 0 Å². The second kappa shape index (κ2) is 9.28. The lowest BCUT2D eigenvalue weighted by Gasteiger charge is -2.12. The van der Waals surface area contributed by atoms with Gasteiger partial charge in [0.1, 0.15) is 0 Å². The molecule has 1 N–H and O–H groups in total. The molecule has 0 fully saturated rings. The number of carbonyl (C=O) groups excluding carboxylic acids is 1. The van der Waals surface area contributed by atoms with E-state index in [9.17, 15) is 9.90 Å². The fourth-order valence-corrected chi connectivity index (χ4v) is 1.58. The maximum Gasteiger partial charge on any atom is 0.333 e. The van der Waals surface area contributed by atoms with Crippen molar-refractivity contribution >= 4 is 5.97 Å². The van der Waals surface area contributed by atoms with E-state index in [4.69, 9.17) is 9.47 Å². The molecule has 110 valence electrons. The number of rotatable bonds is 9. The molecular weight excluding hydrogens is 256 g/mol. The minimum Gasteiger partial charge on any atom is -0.462 e. The molecule has 0 aliphatic carbocycles. The lowest BCUT2D eigenvalue weighted by Crippen LogP contribution is -2.15. The van der Waals surface area contributed by atoms with Crippen molar-refractivity contribution in [2.45, 2.75) is 32.5 Å². The highest BCUT2D eigenvalue weighted by molar-refractivity contribution is 5.86. The van der Waals surface area contributed by atoms with E-state index in [0.717, 1.165) is 6.42 Å². The van der Waals surface area contributed by atoms with E-state index in [1.165, 1.54) is 5.56 Å². The predicted octanol–water partition coefficient (Wildman–Crippen LogP) is 2.46. The van der Waals surface area contributed by atoms with Crippen LogP contribution in [0, 0.1) is 0 Å². The standard InChI is InChI=1S/C16H22O4/c1-13(2)16(18)20-12-6-11-19-15(17)10-9-14-7-4-3-5-8-14/h3-5,7-8,15,17H,1,6,9-12H2,2H3. The minimum atomic E-state index is -0.785. The number of carbonyl (C=O) groups is 1. The first-order valence-electron chi connectivity index (χ1n) is 6.76. The molecule has 1 rings (SSSR count). The Bertz CT molecular complexity index is 414. The first-order chi connectivity index (χ1) is 9.59. The number of aliphatic hydroxyl groups excluding tert-OH is 1. The monoisotopic (exact) mass is 278 g/mol. The molecule has 0 heterocycles. The molecule has 1 aromatic rings. The topological polar surface area (TPSA) is 55.8 Å². The Morgan fingerprint density at radius 1 is 1.30 bits per heavy atom. The first-order valence-corrected chi connectivity index (χ1v) is 6.76. The lowest BCUT2D eigenvalue weighted by atomic mass is 10.1. The Hall–Kier alpha value is -1.65. The van der Waals surface area contributed by atoms with E-state index in [-0.39, 0.29) is 6.61 Å². The maximum absolute atomic E-state index is 11.1. The highest BCUT2D eigenvalue weighted by Gasteiger charge is 2.06. The molecule has 1 unspecified atom stereocenters. The zero-order valence-electron chi connectivity index (χ0n) is 11.9. The van der Waals surface area contributed by atoms with Gasteiger partial charge in [-0.1, -0.05) is 36.9 Å². The van der Waals surface area contributed by atoms with Crippen LogP contribution in [0.5, 0.6) is 0 Å². The lowest BCUT2D eigenvalue weighted by molar-refractivity contribution is -0.140. The van der Waals surface area contributed by atoms with E-state index < -0.39 is 12.3 Å². The molecule has 4 nitrogen and oxygen atoms in total. The molecular formula is C16H22O4. The summed E-state index contributed by atoms with van der Waals surface area (Å²) in [5.41, 5.74) is 1.55. The van der Waals surface area contributed by atoms with E-state index in [1.54, 1.807) is 6.92 Å². The number of aliphatic hydroxyl groups is 1. The average Bonchev–Trinajstić information content (AvgIpc) is 2.45. The number of esters is 1. The Balaban J connectivity index is 2.04. The second-order valence-electron chi connectivity index (χ2n) is 4.62. The molecule has 0 bridgehead atoms. The summed E-state index contributed by atoms with van der Waals surface area (Å²) < 4.78 is 10.2. The number of hydrogen-bond donors (Lipinski definition) is 1. The van der Waals surface area contributed by atoms with Crippen LogP contribution in [0.3, 0.4) is 0 Å². The highest BCUT2D eigenvalue weighted by Crippen LogP contribution is 2.06. The molecule has 4 heteroatoms. The molecule has 20 heavy (non-hydrogen) atoms. The van der Waals surface area contributed by atoms with Crippen LogP contribution in [-0.2, 0) is 20.7 Å². The highest BCUT2D eigenvalue weighted by atomic mass is 16.6. The van der Waals surface area contributed by atoms with Crippen LogP contribution >= 0.6 is 0 Å². The molecule has 0 amide bonds. The molecule has 0 saturated heterocycles. The van der Waals surface area contributed by atoms with Crippen LogP contribution in [0.2, 0.25) is 0 Å². The van der Waals surface area contributed by atoms with Crippen molar-refractivity contribution < 1.29 is 19.4 Å². The van der Waals surface area contributed by atoms with E-state index >= 15 is 0 Å². The zero-order chi connectivity index (χ0) is 14.8. The number of benzene rings is 1. The average molecular weight is 278 g/mol. The minimum absolute atomic E-state index is 0.275. The Labute approximate surface area is 120 Å². The van der Waals surface area contributed by atoms with Gasteiger partial charge in [-0.05, 0) is 18.9 Å². The fourth-order valence-electron chi connectivity index (χ4n) is 1.58. The molecule has 0 saturated carbocycles. The van der Waals surface area contributed by atoms with Gasteiger partial charge < -0.3 is 14.6 Å². The van der Waals surface area contributed by atoms with Crippen LogP contribution in [-0.4, -0.2) is 30.6 Å². The fraction of sp³-hybridized carbons (Fsp3) is 0.438. The summed E-state index contributed by atoms with van der Waals surface area (Å²) in [5, 5.41) is 9.66. The van der Waals surface area contributed by atoms with Gasteiger partial charge in [-0.15, -0.1) is 0 Å². The van der Waals surface area contributed by atoms with Gasteiger partial charge in [0.05, 0.1) is 13.2 Å². The summed E-state index contributed by atoms with van der Waals surface area (Å²) in [4.78, 5) is 11.1. The smallest absolute Gasteiger partial charge is 0.333 e. The quantitative estimate of drug-likeness (QED) is 0.326. The number of aryl methyl sites for hydroxylation is 1. The predicted molar refractivity (Wildman–Crippen MR) is 77.1 cm³/mol. The summed E-state index contributed by atoms with van der Waals surface area (Å²) in [6.45, 7) is 5.73. The van der Waals surface area contributed by atoms with Crippen molar-refractivity contribution in [1.29, 1.82) is 0 Å². The maximum atomic E-state index is 11.1. The molecule has 1 aromatic carbocycles. The van der Waals surface area contributed by atoms with Gasteiger partial charge in [-0.3, -0.25) is 0 Å². The summed E-state index contributed by atoms with van der Waals surface area (Å²) in [6.07, 6.45) is 1.09. The van der Waals surface area contributed by atoms with Crippen LogP contribution in [0.1, 0.15) is 25.3 Å². The van der Waals surface area contributed by atoms with Crippen LogP contribution in [0.15, 0.2) is 42.5 Å². The molecule has 0 radical (unpaired) electrons. The van der Waals surface area contributed by atoms with E-state index in [1.807, 2.05) is 30.3 Å². The van der Waals surface area contributed by atoms with Gasteiger partial charge in [-0.2, -0.15) is 0 Å². The summed E-state index contributed by atoms with van der Waals surface area (Å²) in [5.74, 6) is -0.394. The normalized spacial score (nSPS) is 11.9. The second-order valence-corrected chi connectivity index (χ2v) is 4.62. The summed E-state index contributed by atoms with van der Waals surface area (Å²) in [6, 6.07) is 9.94. The molecule has 1 atom stereocenters. The third-order valence-electron chi connectivity index (χ3n) is 2.70.